The maximum absolute atomic E-state index is 9.29. The minimum Gasteiger partial charge on any atom is -0.467 e. The van der Waals surface area contributed by atoms with Crippen LogP contribution in [0.1, 0.15) is 32.6 Å². The van der Waals surface area contributed by atoms with E-state index in [0.29, 0.717) is 11.2 Å². The second kappa shape index (κ2) is 5.39. The average molecular weight is 256 g/mol. The van der Waals surface area contributed by atoms with Crippen LogP contribution in [-0.4, -0.2) is 26.2 Å². The van der Waals surface area contributed by atoms with Crippen molar-refractivity contribution in [3.05, 3.63) is 18.1 Å². The van der Waals surface area contributed by atoms with Crippen molar-refractivity contribution < 1.29 is 18.9 Å². The summed E-state index contributed by atoms with van der Waals surface area (Å²) < 4.78 is 11.4. The van der Waals surface area contributed by atoms with Gasteiger partial charge in [0.25, 0.3) is 0 Å². The molecule has 0 bridgehead atoms. The summed E-state index contributed by atoms with van der Waals surface area (Å²) >= 11 is 0. The van der Waals surface area contributed by atoms with Crippen LogP contribution in [0.5, 0.6) is 0 Å². The minimum atomic E-state index is -1.52. The Kier molecular flexibility index (Phi) is 4.60. The molecule has 1 atom stereocenters. The normalized spacial score (nSPS) is 14.1. The van der Waals surface area contributed by atoms with Crippen LogP contribution in [0.25, 0.3) is 0 Å². The molecule has 2 N–H and O–H groups in total. The molecule has 0 spiro atoms. The SMILES string of the molecule is C[SiH](C)OC(c1occc1B(O)O)C(C)(C)C. The zero-order valence-electron chi connectivity index (χ0n) is 11.1. The van der Waals surface area contributed by atoms with Crippen LogP contribution in [-0.2, 0) is 4.43 Å². The first kappa shape index (κ1) is 14.5. The molecule has 17 heavy (non-hydrogen) atoms. The third kappa shape index (κ3) is 3.71. The predicted molar refractivity (Wildman–Crippen MR) is 70.7 cm³/mol. The van der Waals surface area contributed by atoms with Gasteiger partial charge in [-0.3, -0.25) is 0 Å². The van der Waals surface area contributed by atoms with Crippen LogP contribution in [0.15, 0.2) is 16.7 Å². The summed E-state index contributed by atoms with van der Waals surface area (Å²) in [7, 11) is -2.77. The Labute approximate surface area is 104 Å². The first-order chi connectivity index (χ1) is 7.73. The quantitative estimate of drug-likeness (QED) is 0.790. The summed E-state index contributed by atoms with van der Waals surface area (Å²) in [6.45, 7) is 10.3. The zero-order valence-corrected chi connectivity index (χ0v) is 12.3. The number of furan rings is 1. The van der Waals surface area contributed by atoms with Crippen molar-refractivity contribution in [2.24, 2.45) is 5.41 Å². The maximum Gasteiger partial charge on any atom is 0.492 e. The monoisotopic (exact) mass is 256 g/mol. The highest BCUT2D eigenvalue weighted by Gasteiger charge is 2.34. The van der Waals surface area contributed by atoms with E-state index in [9.17, 15) is 10.0 Å². The van der Waals surface area contributed by atoms with Gasteiger partial charge in [0.15, 0.2) is 9.04 Å². The van der Waals surface area contributed by atoms with Crippen LogP contribution in [0.4, 0.5) is 0 Å². The number of hydrogen-bond acceptors (Lipinski definition) is 4. The molecule has 1 rings (SSSR count). The van der Waals surface area contributed by atoms with Crippen molar-refractivity contribution in [3.63, 3.8) is 0 Å². The molecule has 0 aliphatic carbocycles. The third-order valence-electron chi connectivity index (χ3n) is 2.44. The Hall–Kier alpha value is -0.558. The van der Waals surface area contributed by atoms with Gasteiger partial charge in [-0.15, -0.1) is 0 Å². The van der Waals surface area contributed by atoms with Gasteiger partial charge in [-0.2, -0.15) is 0 Å². The van der Waals surface area contributed by atoms with Crippen molar-refractivity contribution in [3.8, 4) is 0 Å². The highest BCUT2D eigenvalue weighted by atomic mass is 28.3. The van der Waals surface area contributed by atoms with E-state index >= 15 is 0 Å². The van der Waals surface area contributed by atoms with Gasteiger partial charge in [-0.25, -0.2) is 0 Å². The van der Waals surface area contributed by atoms with Gasteiger partial charge < -0.3 is 18.9 Å². The highest BCUT2D eigenvalue weighted by Crippen LogP contribution is 2.36. The third-order valence-corrected chi connectivity index (χ3v) is 3.25. The molecule has 0 saturated carbocycles. The molecule has 1 heterocycles. The van der Waals surface area contributed by atoms with E-state index in [1.165, 1.54) is 6.26 Å². The molecule has 4 nitrogen and oxygen atoms in total. The van der Waals surface area contributed by atoms with E-state index in [1.54, 1.807) is 6.07 Å². The van der Waals surface area contributed by atoms with Crippen LogP contribution in [0, 0.1) is 5.41 Å². The van der Waals surface area contributed by atoms with Crippen LogP contribution in [0.2, 0.25) is 13.1 Å². The summed E-state index contributed by atoms with van der Waals surface area (Å²) in [5.41, 5.74) is 0.234. The summed E-state index contributed by atoms with van der Waals surface area (Å²) in [6.07, 6.45) is 1.22. The van der Waals surface area contributed by atoms with Crippen molar-refractivity contribution in [1.29, 1.82) is 0 Å². The minimum absolute atomic E-state index is 0.154. The standard InChI is InChI=1S/C11H21BO4Si/c1-11(2,3)10(16-17(4)5)9-8(12(13)14)6-7-15-9/h6-7,10,13-14,17H,1-5H3. The Morgan fingerprint density at radius 3 is 2.35 bits per heavy atom. The summed E-state index contributed by atoms with van der Waals surface area (Å²) in [4.78, 5) is 0. The van der Waals surface area contributed by atoms with Gasteiger partial charge in [0.2, 0.25) is 0 Å². The van der Waals surface area contributed by atoms with E-state index in [0.717, 1.165) is 0 Å². The summed E-state index contributed by atoms with van der Waals surface area (Å²) in [5, 5.41) is 18.6. The van der Waals surface area contributed by atoms with Crippen LogP contribution in [0.3, 0.4) is 0 Å². The molecule has 0 aliphatic rings. The molecule has 0 fully saturated rings. The molecule has 0 aliphatic heterocycles. The van der Waals surface area contributed by atoms with Gasteiger partial charge in [-0.05, 0) is 24.6 Å². The van der Waals surface area contributed by atoms with Gasteiger partial charge in [0.1, 0.15) is 11.9 Å². The zero-order chi connectivity index (χ0) is 13.2. The molecular formula is C11H21BO4Si. The molecule has 0 aromatic carbocycles. The first-order valence-corrected chi connectivity index (χ1v) is 8.60. The van der Waals surface area contributed by atoms with Gasteiger partial charge >= 0.3 is 7.12 Å². The smallest absolute Gasteiger partial charge is 0.467 e. The topological polar surface area (TPSA) is 62.8 Å². The second-order valence-electron chi connectivity index (χ2n) is 5.54. The highest BCUT2D eigenvalue weighted by molar-refractivity contribution is 6.59. The lowest BCUT2D eigenvalue weighted by atomic mass is 9.76. The molecule has 1 aromatic rings. The largest absolute Gasteiger partial charge is 0.492 e. The van der Waals surface area contributed by atoms with Gasteiger partial charge in [0.05, 0.1) is 6.26 Å². The Morgan fingerprint density at radius 1 is 1.35 bits per heavy atom. The molecule has 0 radical (unpaired) electrons. The lowest BCUT2D eigenvalue weighted by Crippen LogP contribution is -2.36. The van der Waals surface area contributed by atoms with Crippen molar-refractivity contribution in [1.82, 2.24) is 0 Å². The van der Waals surface area contributed by atoms with Gasteiger partial charge in [-0.1, -0.05) is 20.8 Å². The first-order valence-electron chi connectivity index (χ1n) is 5.82. The Bertz CT molecular complexity index is 357. The lowest BCUT2D eigenvalue weighted by Gasteiger charge is -2.31. The molecule has 96 valence electrons. The molecule has 0 saturated heterocycles. The Balaban J connectivity index is 3.09. The van der Waals surface area contributed by atoms with E-state index in [2.05, 4.69) is 13.1 Å². The van der Waals surface area contributed by atoms with Crippen LogP contribution < -0.4 is 5.46 Å². The summed E-state index contributed by atoms with van der Waals surface area (Å²) in [6, 6.07) is 1.57. The van der Waals surface area contributed by atoms with Gasteiger partial charge in [0, 0.05) is 5.46 Å². The number of rotatable bonds is 4. The fourth-order valence-electron chi connectivity index (χ4n) is 1.69. The molecule has 6 heteroatoms. The van der Waals surface area contributed by atoms with E-state index in [-0.39, 0.29) is 11.5 Å². The van der Waals surface area contributed by atoms with E-state index in [4.69, 9.17) is 8.84 Å². The van der Waals surface area contributed by atoms with Crippen molar-refractivity contribution >= 4 is 21.6 Å². The average Bonchev–Trinajstić information content (AvgIpc) is 2.59. The van der Waals surface area contributed by atoms with Crippen molar-refractivity contribution in [2.45, 2.75) is 40.0 Å². The lowest BCUT2D eigenvalue weighted by molar-refractivity contribution is 0.0670. The fourth-order valence-corrected chi connectivity index (χ4v) is 2.76. The predicted octanol–water partition coefficient (Wildman–Crippen LogP) is 1.05. The summed E-state index contributed by atoms with van der Waals surface area (Å²) in [5.74, 6) is 0.522. The van der Waals surface area contributed by atoms with E-state index < -0.39 is 16.2 Å². The molecular weight excluding hydrogens is 235 g/mol. The maximum atomic E-state index is 9.29. The van der Waals surface area contributed by atoms with E-state index in [1.807, 2.05) is 20.8 Å². The Morgan fingerprint density at radius 2 is 1.94 bits per heavy atom. The molecule has 1 unspecified atom stereocenters. The van der Waals surface area contributed by atoms with Crippen molar-refractivity contribution in [2.75, 3.05) is 0 Å². The fraction of sp³-hybridized carbons (Fsp3) is 0.636. The van der Waals surface area contributed by atoms with Crippen LogP contribution >= 0.6 is 0 Å². The molecule has 0 amide bonds. The number of hydrogen-bond donors (Lipinski definition) is 2. The molecule has 1 aromatic heterocycles. The second-order valence-corrected chi connectivity index (χ2v) is 7.91.